The Morgan fingerprint density at radius 3 is 2.30 bits per heavy atom. The Kier molecular flexibility index (Phi) is 4.66. The van der Waals surface area contributed by atoms with E-state index in [-0.39, 0.29) is 35.8 Å². The Balaban J connectivity index is 1.52. The van der Waals surface area contributed by atoms with Gasteiger partial charge in [0.05, 0.1) is 29.1 Å². The molecule has 1 fully saturated rings. The molecule has 0 radical (unpaired) electrons. The van der Waals surface area contributed by atoms with Gasteiger partial charge < -0.3 is 10.6 Å². The molecule has 0 unspecified atom stereocenters. The molecule has 5 rings (SSSR count). The predicted molar refractivity (Wildman–Crippen MR) is 112 cm³/mol. The number of aromatic nitrogens is 2. The molecular weight excluding hydrogens is 432 g/mol. The molecular formula is C23H17F2N5O3. The first kappa shape index (κ1) is 20.7. The maximum Gasteiger partial charge on any atom is 0.322 e. The molecule has 0 bridgehead atoms. The van der Waals surface area contributed by atoms with Gasteiger partial charge in [0.1, 0.15) is 17.2 Å². The van der Waals surface area contributed by atoms with Crippen LogP contribution in [0.3, 0.4) is 0 Å². The number of hydrogen-bond donors (Lipinski definition) is 3. The van der Waals surface area contributed by atoms with Crippen LogP contribution in [-0.4, -0.2) is 27.8 Å². The molecule has 3 heterocycles. The van der Waals surface area contributed by atoms with Crippen molar-refractivity contribution in [1.82, 2.24) is 25.9 Å². The van der Waals surface area contributed by atoms with Crippen LogP contribution in [-0.2, 0) is 23.3 Å². The quantitative estimate of drug-likeness (QED) is 0.529. The summed E-state index contributed by atoms with van der Waals surface area (Å²) in [4.78, 5) is 44.6. The third-order valence-electron chi connectivity index (χ3n) is 5.84. The summed E-state index contributed by atoms with van der Waals surface area (Å²) in [5, 5.41) is 7.48. The standard InChI is InChI=1S/C23H17F2N5O3/c1-23(21(32)29-22(33)30-23)12-7-5-11(6-8-12)9-15-18-16(10-26-20(18)31)28-19(27-15)17-13(24)3-2-4-14(17)25/h2-8H,9-10H2,1H3,(H,26,31)(H2,29,30,32,33)/t23-/m1/s1. The van der Waals surface area contributed by atoms with E-state index in [1.165, 1.54) is 6.07 Å². The van der Waals surface area contributed by atoms with Gasteiger partial charge in [0.2, 0.25) is 0 Å². The van der Waals surface area contributed by atoms with E-state index in [2.05, 4.69) is 25.9 Å². The van der Waals surface area contributed by atoms with Crippen LogP contribution < -0.4 is 16.0 Å². The number of benzene rings is 2. The Labute approximate surface area is 186 Å². The van der Waals surface area contributed by atoms with Crippen molar-refractivity contribution in [2.24, 2.45) is 0 Å². The van der Waals surface area contributed by atoms with Crippen LogP contribution in [0.5, 0.6) is 0 Å². The average molecular weight is 449 g/mol. The molecule has 8 nitrogen and oxygen atoms in total. The van der Waals surface area contributed by atoms with Gasteiger partial charge in [0.15, 0.2) is 5.82 Å². The Morgan fingerprint density at radius 1 is 0.970 bits per heavy atom. The van der Waals surface area contributed by atoms with Crippen molar-refractivity contribution in [2.75, 3.05) is 0 Å². The summed E-state index contributed by atoms with van der Waals surface area (Å²) in [6.45, 7) is 1.73. The lowest BCUT2D eigenvalue weighted by atomic mass is 9.91. The lowest BCUT2D eigenvalue weighted by molar-refractivity contribution is -0.123. The second kappa shape index (κ2) is 7.44. The van der Waals surface area contributed by atoms with Gasteiger partial charge >= 0.3 is 6.03 Å². The number of nitrogens with one attached hydrogen (secondary N) is 3. The number of carbonyl (C=O) groups excluding carboxylic acids is 3. The highest BCUT2D eigenvalue weighted by atomic mass is 19.1. The molecule has 4 amide bonds. The van der Waals surface area contributed by atoms with E-state index in [0.717, 1.165) is 17.7 Å². The van der Waals surface area contributed by atoms with Crippen molar-refractivity contribution in [3.63, 3.8) is 0 Å². The number of halogens is 2. The fraction of sp³-hybridized carbons (Fsp3) is 0.174. The minimum Gasteiger partial charge on any atom is -0.346 e. The third kappa shape index (κ3) is 3.39. The minimum absolute atomic E-state index is 0.134. The lowest BCUT2D eigenvalue weighted by Crippen LogP contribution is -2.40. The van der Waals surface area contributed by atoms with Crippen LogP contribution in [0, 0.1) is 11.6 Å². The van der Waals surface area contributed by atoms with E-state index in [1.54, 1.807) is 31.2 Å². The van der Waals surface area contributed by atoms with Crippen LogP contribution in [0.25, 0.3) is 11.4 Å². The second-order valence-corrected chi connectivity index (χ2v) is 8.00. The summed E-state index contributed by atoms with van der Waals surface area (Å²) in [5.74, 6) is -2.54. The van der Waals surface area contributed by atoms with Crippen LogP contribution in [0.4, 0.5) is 13.6 Å². The Morgan fingerprint density at radius 2 is 1.67 bits per heavy atom. The number of carbonyl (C=O) groups is 3. The van der Waals surface area contributed by atoms with Crippen LogP contribution in [0.15, 0.2) is 42.5 Å². The molecule has 1 atom stereocenters. The highest BCUT2D eigenvalue weighted by Gasteiger charge is 2.43. The van der Waals surface area contributed by atoms with E-state index in [4.69, 9.17) is 0 Å². The first-order valence-electron chi connectivity index (χ1n) is 10.1. The van der Waals surface area contributed by atoms with Gasteiger partial charge in [-0.1, -0.05) is 30.3 Å². The largest absolute Gasteiger partial charge is 0.346 e. The summed E-state index contributed by atoms with van der Waals surface area (Å²) < 4.78 is 28.7. The van der Waals surface area contributed by atoms with Gasteiger partial charge in [-0.2, -0.15) is 0 Å². The van der Waals surface area contributed by atoms with Crippen molar-refractivity contribution in [1.29, 1.82) is 0 Å². The SMILES string of the molecule is C[C@]1(c2ccc(Cc3nc(-c4c(F)cccc4F)nc4c3C(=O)NC4)cc2)NC(=O)NC1=O. The fourth-order valence-electron chi connectivity index (χ4n) is 4.05. The van der Waals surface area contributed by atoms with Crippen molar-refractivity contribution in [3.8, 4) is 11.4 Å². The van der Waals surface area contributed by atoms with Gasteiger partial charge in [-0.15, -0.1) is 0 Å². The maximum atomic E-state index is 14.3. The summed E-state index contributed by atoms with van der Waals surface area (Å²) in [6.07, 6.45) is 0.191. The van der Waals surface area contributed by atoms with Gasteiger partial charge in [0.25, 0.3) is 11.8 Å². The lowest BCUT2D eigenvalue weighted by Gasteiger charge is -2.21. The van der Waals surface area contributed by atoms with Crippen molar-refractivity contribution in [2.45, 2.75) is 25.4 Å². The van der Waals surface area contributed by atoms with Gasteiger partial charge in [-0.25, -0.2) is 23.5 Å². The van der Waals surface area contributed by atoms with Gasteiger partial charge in [-0.05, 0) is 30.2 Å². The van der Waals surface area contributed by atoms with Crippen LogP contribution in [0.1, 0.15) is 39.8 Å². The summed E-state index contributed by atoms with van der Waals surface area (Å²) in [7, 11) is 0. The minimum atomic E-state index is -1.19. The molecule has 1 saturated heterocycles. The van der Waals surface area contributed by atoms with E-state index < -0.39 is 29.1 Å². The normalized spacial score (nSPS) is 19.2. The number of imide groups is 1. The molecule has 3 aromatic rings. The Hall–Kier alpha value is -4.21. The molecule has 33 heavy (non-hydrogen) atoms. The number of hydrogen-bond acceptors (Lipinski definition) is 5. The molecule has 2 aliphatic heterocycles. The first-order chi connectivity index (χ1) is 15.8. The summed E-state index contributed by atoms with van der Waals surface area (Å²) >= 11 is 0. The highest BCUT2D eigenvalue weighted by Crippen LogP contribution is 2.29. The summed E-state index contributed by atoms with van der Waals surface area (Å²) in [6, 6.07) is 9.79. The zero-order valence-electron chi connectivity index (χ0n) is 17.3. The third-order valence-corrected chi connectivity index (χ3v) is 5.84. The average Bonchev–Trinajstić information content (AvgIpc) is 3.27. The number of nitrogens with zero attached hydrogens (tertiary/aromatic N) is 2. The number of urea groups is 1. The second-order valence-electron chi connectivity index (χ2n) is 8.00. The molecule has 166 valence electrons. The van der Waals surface area contributed by atoms with Crippen LogP contribution in [0.2, 0.25) is 0 Å². The maximum absolute atomic E-state index is 14.3. The smallest absolute Gasteiger partial charge is 0.322 e. The van der Waals surface area contributed by atoms with E-state index in [0.29, 0.717) is 17.0 Å². The molecule has 1 aromatic heterocycles. The highest BCUT2D eigenvalue weighted by molar-refractivity contribution is 6.07. The predicted octanol–water partition coefficient (Wildman–Crippen LogP) is 2.31. The summed E-state index contributed by atoms with van der Waals surface area (Å²) in [5.41, 5.74) is 0.764. The number of rotatable bonds is 4. The van der Waals surface area contributed by atoms with Gasteiger partial charge in [0, 0.05) is 6.42 Å². The van der Waals surface area contributed by atoms with Gasteiger partial charge in [-0.3, -0.25) is 14.9 Å². The molecule has 0 saturated carbocycles. The van der Waals surface area contributed by atoms with Crippen molar-refractivity contribution in [3.05, 3.63) is 82.2 Å². The molecule has 10 heteroatoms. The topological polar surface area (TPSA) is 113 Å². The van der Waals surface area contributed by atoms with E-state index in [9.17, 15) is 23.2 Å². The molecule has 2 aromatic carbocycles. The zero-order valence-corrected chi connectivity index (χ0v) is 17.3. The molecule has 0 spiro atoms. The first-order valence-corrected chi connectivity index (χ1v) is 10.1. The van der Waals surface area contributed by atoms with Crippen molar-refractivity contribution < 1.29 is 23.2 Å². The molecule has 0 aliphatic carbocycles. The van der Waals surface area contributed by atoms with E-state index >= 15 is 0 Å². The van der Waals surface area contributed by atoms with Crippen LogP contribution >= 0.6 is 0 Å². The number of fused-ring (bicyclic) bond motifs is 1. The Bertz CT molecular complexity index is 1320. The molecule has 2 aliphatic rings. The zero-order chi connectivity index (χ0) is 23.3. The van der Waals surface area contributed by atoms with E-state index in [1.807, 2.05) is 0 Å². The van der Waals surface area contributed by atoms with Crippen molar-refractivity contribution >= 4 is 17.8 Å². The monoisotopic (exact) mass is 449 g/mol. The molecule has 3 N–H and O–H groups in total. The fourth-order valence-corrected chi connectivity index (χ4v) is 4.05. The number of amides is 4.